The summed E-state index contributed by atoms with van der Waals surface area (Å²) in [7, 11) is 1.53. The number of aryl methyl sites for hydroxylation is 1. The van der Waals surface area contributed by atoms with Gasteiger partial charge in [-0.25, -0.2) is 4.39 Å². The first kappa shape index (κ1) is 12.8. The number of carbonyl (C=O) groups excluding carboxylic acids is 1. The molecule has 0 heterocycles. The Balaban J connectivity index is 2.70. The summed E-state index contributed by atoms with van der Waals surface area (Å²) in [5.74, 6) is -0.101. The van der Waals surface area contributed by atoms with Crippen molar-refractivity contribution in [1.29, 1.82) is 0 Å². The van der Waals surface area contributed by atoms with Gasteiger partial charge in [-0.1, -0.05) is 6.07 Å². The molecule has 16 heavy (non-hydrogen) atoms. The third-order valence-electron chi connectivity index (χ3n) is 2.12. The molecule has 0 unspecified atom stereocenters. The maximum Gasteiger partial charge on any atom is 0.187 e. The highest BCUT2D eigenvalue weighted by Crippen LogP contribution is 2.20. The lowest BCUT2D eigenvalue weighted by Crippen LogP contribution is -2.07. The lowest BCUT2D eigenvalue weighted by molar-refractivity contribution is -0.111. The van der Waals surface area contributed by atoms with Gasteiger partial charge in [0, 0.05) is 0 Å². The first-order valence-electron chi connectivity index (χ1n) is 5.43. The van der Waals surface area contributed by atoms with Crippen LogP contribution < -0.4 is 4.74 Å². The molecule has 1 rings (SSSR count). The molecule has 1 aromatic rings. The minimum atomic E-state index is -0.366. The van der Waals surface area contributed by atoms with Crippen molar-refractivity contribution in [1.82, 2.24) is 0 Å². The molecule has 0 saturated carbocycles. The number of benzene rings is 1. The van der Waals surface area contributed by atoms with Crippen LogP contribution in [-0.2, 0) is 11.2 Å². The highest BCUT2D eigenvalue weighted by Gasteiger charge is 2.06. The molecular formula is C12H16BFO2. The van der Waals surface area contributed by atoms with Crippen molar-refractivity contribution in [3.63, 3.8) is 0 Å². The standard InChI is InChI=1S/C12H16BFO2/c1-8(2)16-11-5-3-9(7-10(11)14)4-6-12(13)15/h3,5,7-8H,4,6,13H2,1-2H3. The van der Waals surface area contributed by atoms with Crippen LogP contribution in [0, 0.1) is 5.82 Å². The molecule has 0 N–H and O–H groups in total. The van der Waals surface area contributed by atoms with Crippen LogP contribution >= 0.6 is 0 Å². The van der Waals surface area contributed by atoms with Gasteiger partial charge in [-0.3, -0.25) is 0 Å². The zero-order valence-electron chi connectivity index (χ0n) is 9.92. The molecule has 2 nitrogen and oxygen atoms in total. The molecule has 0 aliphatic rings. The summed E-state index contributed by atoms with van der Waals surface area (Å²) in [6.07, 6.45) is 0.982. The van der Waals surface area contributed by atoms with Gasteiger partial charge in [0.15, 0.2) is 19.4 Å². The van der Waals surface area contributed by atoms with Crippen LogP contribution in [0.15, 0.2) is 18.2 Å². The molecular weight excluding hydrogens is 206 g/mol. The maximum atomic E-state index is 13.5. The summed E-state index contributed by atoms with van der Waals surface area (Å²) >= 11 is 0. The van der Waals surface area contributed by atoms with Gasteiger partial charge in [0.2, 0.25) is 0 Å². The smallest absolute Gasteiger partial charge is 0.187 e. The fourth-order valence-electron chi connectivity index (χ4n) is 1.37. The summed E-state index contributed by atoms with van der Waals surface area (Å²) in [6.45, 7) is 3.70. The Kier molecular flexibility index (Phi) is 4.53. The van der Waals surface area contributed by atoms with E-state index in [4.69, 9.17) is 4.74 Å². The number of halogens is 1. The van der Waals surface area contributed by atoms with Crippen LogP contribution in [0.4, 0.5) is 4.39 Å². The van der Waals surface area contributed by atoms with Crippen molar-refractivity contribution < 1.29 is 13.9 Å². The van der Waals surface area contributed by atoms with Gasteiger partial charge >= 0.3 is 0 Å². The van der Waals surface area contributed by atoms with Crippen molar-refractivity contribution in [2.24, 2.45) is 0 Å². The summed E-state index contributed by atoms with van der Waals surface area (Å²) < 4.78 is 18.8. The van der Waals surface area contributed by atoms with Gasteiger partial charge in [0.25, 0.3) is 0 Å². The molecule has 0 bridgehead atoms. The van der Waals surface area contributed by atoms with Crippen molar-refractivity contribution >= 4 is 13.5 Å². The second-order valence-corrected chi connectivity index (χ2v) is 4.13. The minimum Gasteiger partial charge on any atom is -0.488 e. The molecule has 0 aliphatic carbocycles. The number of carbonyl (C=O) groups is 1. The zero-order chi connectivity index (χ0) is 12.1. The quantitative estimate of drug-likeness (QED) is 0.709. The number of hydrogen-bond acceptors (Lipinski definition) is 2. The van der Waals surface area contributed by atoms with Gasteiger partial charge in [-0.2, -0.15) is 0 Å². The summed E-state index contributed by atoms with van der Waals surface area (Å²) in [6, 6.07) is 4.84. The van der Waals surface area contributed by atoms with E-state index in [0.29, 0.717) is 12.8 Å². The Morgan fingerprint density at radius 2 is 2.19 bits per heavy atom. The Labute approximate surface area is 96.2 Å². The second-order valence-electron chi connectivity index (χ2n) is 4.13. The molecule has 0 fully saturated rings. The van der Waals surface area contributed by atoms with Crippen LogP contribution in [0.1, 0.15) is 25.8 Å². The predicted octanol–water partition coefficient (Wildman–Crippen LogP) is 1.71. The molecule has 4 heteroatoms. The third kappa shape index (κ3) is 4.05. The van der Waals surface area contributed by atoms with Gasteiger partial charge in [-0.15, -0.1) is 0 Å². The average Bonchev–Trinajstić information content (AvgIpc) is 2.18. The third-order valence-corrected chi connectivity index (χ3v) is 2.12. The van der Waals surface area contributed by atoms with Crippen LogP contribution in [-0.4, -0.2) is 19.6 Å². The van der Waals surface area contributed by atoms with E-state index in [9.17, 15) is 9.18 Å². The maximum absolute atomic E-state index is 13.5. The van der Waals surface area contributed by atoms with E-state index in [1.54, 1.807) is 12.1 Å². The summed E-state index contributed by atoms with van der Waals surface area (Å²) in [5, 5.41) is 0. The number of rotatable bonds is 5. The second kappa shape index (κ2) is 5.68. The lowest BCUT2D eigenvalue weighted by atomic mass is 9.95. The Hall–Kier alpha value is -1.32. The first-order valence-corrected chi connectivity index (χ1v) is 5.43. The molecule has 0 aliphatic heterocycles. The largest absolute Gasteiger partial charge is 0.488 e. The molecule has 0 aromatic heterocycles. The summed E-state index contributed by atoms with van der Waals surface area (Å²) in [4.78, 5) is 10.8. The van der Waals surface area contributed by atoms with Crippen molar-refractivity contribution in [3.05, 3.63) is 29.6 Å². The Bertz CT molecular complexity index is 377. The molecule has 0 saturated heterocycles. The van der Waals surface area contributed by atoms with E-state index in [-0.39, 0.29) is 23.4 Å². The Morgan fingerprint density at radius 3 is 2.69 bits per heavy atom. The van der Waals surface area contributed by atoms with E-state index in [1.165, 1.54) is 13.9 Å². The fourth-order valence-corrected chi connectivity index (χ4v) is 1.37. The SMILES string of the molecule is BC(=O)CCc1ccc(OC(C)C)c(F)c1. The highest BCUT2D eigenvalue weighted by atomic mass is 19.1. The average molecular weight is 222 g/mol. The lowest BCUT2D eigenvalue weighted by Gasteiger charge is -2.11. The number of hydrogen-bond donors (Lipinski definition) is 0. The topological polar surface area (TPSA) is 26.3 Å². The predicted molar refractivity (Wildman–Crippen MR) is 64.0 cm³/mol. The van der Waals surface area contributed by atoms with Gasteiger partial charge < -0.3 is 9.53 Å². The molecule has 0 amide bonds. The zero-order valence-corrected chi connectivity index (χ0v) is 9.92. The van der Waals surface area contributed by atoms with Gasteiger partial charge in [-0.05, 0) is 44.4 Å². The highest BCUT2D eigenvalue weighted by molar-refractivity contribution is 6.57. The summed E-state index contributed by atoms with van der Waals surface area (Å²) in [5.41, 5.74) is 0.937. The van der Waals surface area contributed by atoms with Crippen molar-refractivity contribution in [2.75, 3.05) is 0 Å². The molecule has 0 spiro atoms. The monoisotopic (exact) mass is 222 g/mol. The van der Waals surface area contributed by atoms with Crippen LogP contribution in [0.25, 0.3) is 0 Å². The van der Waals surface area contributed by atoms with Crippen molar-refractivity contribution in [3.8, 4) is 5.75 Å². The van der Waals surface area contributed by atoms with Crippen LogP contribution in [0.3, 0.4) is 0 Å². The van der Waals surface area contributed by atoms with Crippen molar-refractivity contribution in [2.45, 2.75) is 32.8 Å². The minimum absolute atomic E-state index is 0.0439. The van der Waals surface area contributed by atoms with Crippen LogP contribution in [0.5, 0.6) is 5.75 Å². The molecule has 0 radical (unpaired) electrons. The van der Waals surface area contributed by atoms with E-state index >= 15 is 0 Å². The van der Waals surface area contributed by atoms with Gasteiger partial charge in [0.05, 0.1) is 11.8 Å². The normalized spacial score (nSPS) is 10.5. The van der Waals surface area contributed by atoms with E-state index in [2.05, 4.69) is 0 Å². The van der Waals surface area contributed by atoms with E-state index in [0.717, 1.165) is 5.56 Å². The van der Waals surface area contributed by atoms with Gasteiger partial charge in [0.1, 0.15) is 0 Å². The molecule has 1 aromatic carbocycles. The number of ether oxygens (including phenoxy) is 1. The van der Waals surface area contributed by atoms with Crippen LogP contribution in [0.2, 0.25) is 0 Å². The fraction of sp³-hybridized carbons (Fsp3) is 0.417. The van der Waals surface area contributed by atoms with E-state index < -0.39 is 0 Å². The first-order chi connectivity index (χ1) is 7.49. The molecule has 86 valence electrons. The Morgan fingerprint density at radius 1 is 1.50 bits per heavy atom. The molecule has 0 atom stereocenters. The van der Waals surface area contributed by atoms with E-state index in [1.807, 2.05) is 13.8 Å².